The zero-order valence-corrected chi connectivity index (χ0v) is 38.6. The summed E-state index contributed by atoms with van der Waals surface area (Å²) < 4.78 is 93.0. The molecule has 0 radical (unpaired) electrons. The van der Waals surface area contributed by atoms with Gasteiger partial charge < -0.3 is 24.1 Å². The van der Waals surface area contributed by atoms with Crippen molar-refractivity contribution in [3.05, 3.63) is 179 Å². The fourth-order valence-electron chi connectivity index (χ4n) is 6.58. The fraction of sp³-hybridized carbons (Fsp3) is 0.208. The maximum Gasteiger partial charge on any atom is 1.00 e. The molecule has 6 aromatic carbocycles. The second kappa shape index (κ2) is 24.7. The molecule has 0 aromatic heterocycles. The number of esters is 1. The number of alkyl halides is 6. The van der Waals surface area contributed by atoms with Gasteiger partial charge >= 0.3 is 47.9 Å². The van der Waals surface area contributed by atoms with Gasteiger partial charge in [0.25, 0.3) is 0 Å². The summed E-state index contributed by atoms with van der Waals surface area (Å²) in [5, 5.41) is 10.9. The van der Waals surface area contributed by atoms with Crippen LogP contribution in [0.25, 0.3) is 22.3 Å². The first kappa shape index (κ1) is 52.2. The summed E-state index contributed by atoms with van der Waals surface area (Å²) >= 11 is 0. The number of carbonyl (C=O) groups excluding carboxylic acids is 2. The SMILES string of the molecule is CC#C[C@@H](CC(=O)OC)c1ccc(OCc2cccc(-c3ccc(C(F)(F)F)cc3)c2)cc1.CC#C[C@@H](CC(=O)[O-])c1ccc(OCc2cccc(-c3ccc(C(F)(F)F)cc3)c2)cc1.[Na+]. The summed E-state index contributed by atoms with van der Waals surface area (Å²) in [7, 11) is 1.35. The van der Waals surface area contributed by atoms with Crippen LogP contribution in [0.5, 0.6) is 11.5 Å². The Kier molecular flexibility index (Phi) is 19.6. The normalized spacial score (nSPS) is 11.7. The van der Waals surface area contributed by atoms with Crippen molar-refractivity contribution in [2.24, 2.45) is 0 Å². The molecule has 6 nitrogen and oxygen atoms in total. The van der Waals surface area contributed by atoms with E-state index in [0.29, 0.717) is 29.2 Å². The molecule has 0 heterocycles. The average Bonchev–Trinajstić information content (AvgIpc) is 3.30. The molecule has 0 saturated carbocycles. The molecule has 0 amide bonds. The molecule has 0 fully saturated rings. The summed E-state index contributed by atoms with van der Waals surface area (Å²) in [6, 6.07) is 39.4. The fourth-order valence-corrected chi connectivity index (χ4v) is 6.58. The smallest absolute Gasteiger partial charge is 0.550 e. The Morgan fingerprint density at radius 1 is 0.545 bits per heavy atom. The van der Waals surface area contributed by atoms with Crippen LogP contribution in [0.4, 0.5) is 26.3 Å². The number of carboxylic acids is 1. The first-order valence-corrected chi connectivity index (χ1v) is 20.2. The van der Waals surface area contributed by atoms with Crippen LogP contribution in [0.15, 0.2) is 146 Å². The van der Waals surface area contributed by atoms with Crippen molar-refractivity contribution in [3.63, 3.8) is 0 Å². The third-order valence-corrected chi connectivity index (χ3v) is 9.93. The monoisotopic (exact) mass is 912 g/mol. The molecule has 334 valence electrons. The standard InChI is InChI=1S/C27H23F3O3.C26H21F3O3.Na/c1-3-5-22(17-26(31)32-2)21-10-14-25(15-11-21)33-18-19-6-4-7-23(16-19)20-8-12-24(13-9-20)27(28,29)30;1-2-4-21(16-25(30)31)20-9-13-24(14-10-20)32-17-18-5-3-6-22(15-18)19-7-11-23(12-8-19)26(27,28)29;/h4,6-16,22H,17-18H2,1-2H3;3,5-15,21H,16-17H2,1H3,(H,30,31);/q;;+1/p-1/t22-;21-;/m00./s1. The zero-order valence-electron chi connectivity index (χ0n) is 36.6. The van der Waals surface area contributed by atoms with E-state index in [1.807, 2.05) is 72.8 Å². The van der Waals surface area contributed by atoms with E-state index in [-0.39, 0.29) is 60.9 Å². The number of rotatable bonds is 14. The minimum atomic E-state index is -4.36. The molecule has 66 heavy (non-hydrogen) atoms. The molecule has 0 unspecified atom stereocenters. The molecule has 2 atom stereocenters. The topological polar surface area (TPSA) is 84.9 Å². The molecule has 0 aliphatic carbocycles. The van der Waals surface area contributed by atoms with E-state index in [1.165, 1.54) is 31.4 Å². The van der Waals surface area contributed by atoms with Crippen LogP contribution in [-0.4, -0.2) is 19.0 Å². The zero-order chi connectivity index (χ0) is 47.0. The summed E-state index contributed by atoms with van der Waals surface area (Å²) in [5.74, 6) is 10.5. The third kappa shape index (κ3) is 15.9. The molecule has 6 rings (SSSR count). The molecule has 13 heteroatoms. The molecule has 0 saturated heterocycles. The van der Waals surface area contributed by atoms with Crippen LogP contribution in [0.2, 0.25) is 0 Å². The van der Waals surface area contributed by atoms with E-state index >= 15 is 0 Å². The van der Waals surface area contributed by atoms with Gasteiger partial charge in [0.15, 0.2) is 0 Å². The number of hydrogen-bond donors (Lipinski definition) is 0. The Morgan fingerprint density at radius 2 is 0.924 bits per heavy atom. The first-order chi connectivity index (χ1) is 31.1. The van der Waals surface area contributed by atoms with Gasteiger partial charge in [-0.15, -0.1) is 11.8 Å². The Labute approximate surface area is 402 Å². The van der Waals surface area contributed by atoms with Gasteiger partial charge in [-0.1, -0.05) is 96.8 Å². The number of hydrogen-bond acceptors (Lipinski definition) is 6. The van der Waals surface area contributed by atoms with Crippen molar-refractivity contribution < 1.29 is 84.8 Å². The Bertz CT molecular complexity index is 2640. The van der Waals surface area contributed by atoms with Gasteiger partial charge in [0, 0.05) is 12.4 Å². The summed E-state index contributed by atoms with van der Waals surface area (Å²) in [6.07, 6.45) is -8.73. The van der Waals surface area contributed by atoms with Gasteiger partial charge in [-0.2, -0.15) is 26.3 Å². The van der Waals surface area contributed by atoms with Crippen LogP contribution in [0.3, 0.4) is 0 Å². The largest absolute Gasteiger partial charge is 1.00 e. The first-order valence-electron chi connectivity index (χ1n) is 20.2. The summed E-state index contributed by atoms with van der Waals surface area (Å²) in [6.45, 7) is 3.94. The number of halogens is 6. The maximum absolute atomic E-state index is 12.8. The van der Waals surface area contributed by atoms with Crippen LogP contribution < -0.4 is 44.1 Å². The average molecular weight is 913 g/mol. The quantitative estimate of drug-likeness (QED) is 0.0471. The molecule has 0 bridgehead atoms. The summed E-state index contributed by atoms with van der Waals surface area (Å²) in [4.78, 5) is 22.5. The van der Waals surface area contributed by atoms with Gasteiger partial charge in [-0.3, -0.25) is 4.79 Å². The number of carboxylic acid groups (broad SMARTS) is 1. The molecule has 0 aliphatic rings. The Hall–Kier alpha value is -6.44. The number of aliphatic carboxylic acids is 1. The van der Waals surface area contributed by atoms with E-state index in [0.717, 1.165) is 57.6 Å². The maximum atomic E-state index is 12.8. The molecule has 0 N–H and O–H groups in total. The Balaban J connectivity index is 0.000000284. The molecular formula is C53H43F6NaO6. The van der Waals surface area contributed by atoms with E-state index in [2.05, 4.69) is 23.7 Å². The third-order valence-electron chi connectivity index (χ3n) is 9.93. The van der Waals surface area contributed by atoms with Crippen molar-refractivity contribution in [1.29, 1.82) is 0 Å². The van der Waals surface area contributed by atoms with Crippen molar-refractivity contribution in [3.8, 4) is 57.4 Å². The molecule has 0 spiro atoms. The van der Waals surface area contributed by atoms with Crippen molar-refractivity contribution in [1.82, 2.24) is 0 Å². The number of carbonyl (C=O) groups is 2. The Morgan fingerprint density at radius 3 is 1.26 bits per heavy atom. The van der Waals surface area contributed by atoms with Crippen LogP contribution >= 0.6 is 0 Å². The van der Waals surface area contributed by atoms with E-state index in [1.54, 1.807) is 38.1 Å². The second-order valence-corrected chi connectivity index (χ2v) is 14.5. The van der Waals surface area contributed by atoms with Crippen molar-refractivity contribution >= 4 is 11.9 Å². The van der Waals surface area contributed by atoms with E-state index in [9.17, 15) is 41.0 Å². The molecule has 0 aliphatic heterocycles. The van der Waals surface area contributed by atoms with Crippen molar-refractivity contribution in [2.45, 2.75) is 64.1 Å². The molecular weight excluding hydrogens is 870 g/mol. The van der Waals surface area contributed by atoms with Crippen molar-refractivity contribution in [2.75, 3.05) is 7.11 Å². The number of ether oxygens (including phenoxy) is 3. The minimum Gasteiger partial charge on any atom is -0.550 e. The summed E-state index contributed by atoms with van der Waals surface area (Å²) in [5.41, 5.74) is 5.02. The van der Waals surface area contributed by atoms with Gasteiger partial charge in [0.05, 0.1) is 36.5 Å². The van der Waals surface area contributed by atoms with Gasteiger partial charge in [0.1, 0.15) is 24.7 Å². The van der Waals surface area contributed by atoms with Crippen LogP contribution in [0, 0.1) is 23.7 Å². The number of methoxy groups -OCH3 is 1. The van der Waals surface area contributed by atoms with Crippen LogP contribution in [-0.2, 0) is 39.9 Å². The van der Waals surface area contributed by atoms with E-state index in [4.69, 9.17) is 14.2 Å². The van der Waals surface area contributed by atoms with Gasteiger partial charge in [0.2, 0.25) is 0 Å². The van der Waals surface area contributed by atoms with Crippen LogP contribution in [0.1, 0.15) is 71.9 Å². The molecule has 6 aromatic rings. The predicted octanol–water partition coefficient (Wildman–Crippen LogP) is 8.82. The number of benzene rings is 6. The predicted molar refractivity (Wildman–Crippen MR) is 234 cm³/mol. The van der Waals surface area contributed by atoms with E-state index < -0.39 is 35.4 Å². The second-order valence-electron chi connectivity index (χ2n) is 14.5. The van der Waals surface area contributed by atoms with Gasteiger partial charge in [-0.05, 0) is 119 Å². The minimum absolute atomic E-state index is 0. The van der Waals surface area contributed by atoms with Gasteiger partial charge in [-0.25, -0.2) is 0 Å².